The Morgan fingerprint density at radius 3 is 1.98 bits per heavy atom. The maximum Gasteiger partial charge on any atom is 0.0543 e. The highest BCUT2D eigenvalue weighted by atomic mass is 15.1. The molecule has 0 radical (unpaired) electrons. The van der Waals surface area contributed by atoms with Gasteiger partial charge in [-0.25, -0.2) is 0 Å². The second-order valence-corrected chi connectivity index (χ2v) is 14.0. The first-order valence-electron chi connectivity index (χ1n) is 16.3. The van der Waals surface area contributed by atoms with E-state index in [2.05, 4.69) is 110 Å². The largest absolute Gasteiger partial charge is 0.310 e. The fraction of sp³-hybridized carbons (Fsp3) is 0.400. The molecular formula is C40H43N. The lowest BCUT2D eigenvalue weighted by Gasteiger charge is -2.30. The van der Waals surface area contributed by atoms with Crippen molar-refractivity contribution in [2.24, 2.45) is 11.8 Å². The molecule has 3 saturated carbocycles. The molecule has 4 aliphatic carbocycles. The molecule has 0 N–H and O–H groups in total. The molecule has 3 unspecified atom stereocenters. The summed E-state index contributed by atoms with van der Waals surface area (Å²) in [5.41, 5.74) is 12.5. The SMILES string of the molecule is CC1(C)c2ccccc2-c2c(N(c3ccc(C4CCCCC4)cc3)c3ccc(C4CC5CCC4C5)cc3)cccc21. The lowest BCUT2D eigenvalue weighted by Crippen LogP contribution is -2.16. The predicted octanol–water partition coefficient (Wildman–Crippen LogP) is 11.4. The van der Waals surface area contributed by atoms with Crippen molar-refractivity contribution in [3.8, 4) is 11.1 Å². The molecule has 8 rings (SSSR count). The first-order chi connectivity index (χ1) is 20.1. The number of benzene rings is 4. The molecule has 3 atom stereocenters. The quantitative estimate of drug-likeness (QED) is 0.245. The van der Waals surface area contributed by atoms with Gasteiger partial charge in [0.05, 0.1) is 5.69 Å². The van der Waals surface area contributed by atoms with Gasteiger partial charge in [0.25, 0.3) is 0 Å². The molecule has 4 aromatic rings. The minimum atomic E-state index is -0.00983. The van der Waals surface area contributed by atoms with Crippen molar-refractivity contribution in [2.45, 2.75) is 88.9 Å². The molecular weight excluding hydrogens is 494 g/mol. The molecule has 0 heterocycles. The second-order valence-electron chi connectivity index (χ2n) is 14.0. The van der Waals surface area contributed by atoms with Crippen LogP contribution in [0.4, 0.5) is 17.1 Å². The van der Waals surface area contributed by atoms with Crippen LogP contribution in [0.15, 0.2) is 91.0 Å². The van der Waals surface area contributed by atoms with Crippen molar-refractivity contribution in [1.29, 1.82) is 0 Å². The highest BCUT2D eigenvalue weighted by Crippen LogP contribution is 2.55. The summed E-state index contributed by atoms with van der Waals surface area (Å²) in [4.78, 5) is 2.53. The molecule has 0 aliphatic heterocycles. The number of fused-ring (bicyclic) bond motifs is 5. The molecule has 1 heteroatoms. The van der Waals surface area contributed by atoms with Crippen molar-refractivity contribution in [3.63, 3.8) is 0 Å². The minimum absolute atomic E-state index is 0.00983. The zero-order valence-corrected chi connectivity index (χ0v) is 24.8. The summed E-state index contributed by atoms with van der Waals surface area (Å²) in [6.07, 6.45) is 12.6. The number of rotatable bonds is 5. The molecule has 2 bridgehead atoms. The summed E-state index contributed by atoms with van der Waals surface area (Å²) in [7, 11) is 0. The Morgan fingerprint density at radius 1 is 0.610 bits per heavy atom. The normalized spacial score (nSPS) is 24.3. The third-order valence-corrected chi connectivity index (χ3v) is 11.4. The summed E-state index contributed by atoms with van der Waals surface area (Å²) in [6, 6.07) is 35.3. The van der Waals surface area contributed by atoms with E-state index in [1.165, 1.54) is 103 Å². The van der Waals surface area contributed by atoms with Crippen molar-refractivity contribution >= 4 is 17.1 Å². The Balaban J connectivity index is 1.24. The Kier molecular flexibility index (Phi) is 6.13. The zero-order chi connectivity index (χ0) is 27.6. The molecule has 1 nitrogen and oxygen atoms in total. The van der Waals surface area contributed by atoms with E-state index in [1.807, 2.05) is 0 Å². The topological polar surface area (TPSA) is 3.24 Å². The van der Waals surface area contributed by atoms with Gasteiger partial charge in [-0.2, -0.15) is 0 Å². The molecule has 0 saturated heterocycles. The van der Waals surface area contributed by atoms with E-state index in [9.17, 15) is 0 Å². The van der Waals surface area contributed by atoms with Crippen LogP contribution < -0.4 is 4.90 Å². The summed E-state index contributed by atoms with van der Waals surface area (Å²) in [5.74, 6) is 3.37. The van der Waals surface area contributed by atoms with Gasteiger partial charge in [0, 0.05) is 22.4 Å². The Hall–Kier alpha value is -3.32. The molecule has 208 valence electrons. The van der Waals surface area contributed by atoms with E-state index < -0.39 is 0 Å². The first-order valence-corrected chi connectivity index (χ1v) is 16.3. The van der Waals surface area contributed by atoms with E-state index >= 15 is 0 Å². The van der Waals surface area contributed by atoms with Gasteiger partial charge in [0.1, 0.15) is 0 Å². The van der Waals surface area contributed by atoms with Crippen molar-refractivity contribution in [2.75, 3.05) is 4.90 Å². The van der Waals surface area contributed by atoms with E-state index in [0.29, 0.717) is 0 Å². The average molecular weight is 538 g/mol. The van der Waals surface area contributed by atoms with Crippen LogP contribution in [0.2, 0.25) is 0 Å². The first kappa shape index (κ1) is 25.4. The van der Waals surface area contributed by atoms with E-state index in [-0.39, 0.29) is 5.41 Å². The Morgan fingerprint density at radius 2 is 1.29 bits per heavy atom. The predicted molar refractivity (Wildman–Crippen MR) is 173 cm³/mol. The second kappa shape index (κ2) is 9.90. The van der Waals surface area contributed by atoms with Crippen LogP contribution in [0.1, 0.15) is 106 Å². The van der Waals surface area contributed by atoms with Gasteiger partial charge in [-0.3, -0.25) is 0 Å². The van der Waals surface area contributed by atoms with Crippen LogP contribution in [-0.4, -0.2) is 0 Å². The maximum atomic E-state index is 2.53. The summed E-state index contributed by atoms with van der Waals surface area (Å²) in [6.45, 7) is 4.77. The number of nitrogens with zero attached hydrogens (tertiary/aromatic N) is 1. The third-order valence-electron chi connectivity index (χ3n) is 11.4. The fourth-order valence-corrected chi connectivity index (χ4v) is 9.20. The molecule has 0 spiro atoms. The van der Waals surface area contributed by atoms with Crippen LogP contribution in [-0.2, 0) is 5.41 Å². The third kappa shape index (κ3) is 4.18. The monoisotopic (exact) mass is 537 g/mol. The molecule has 0 amide bonds. The Labute approximate surface area is 246 Å². The number of hydrogen-bond donors (Lipinski definition) is 0. The summed E-state index contributed by atoms with van der Waals surface area (Å²) in [5, 5.41) is 0. The van der Waals surface area contributed by atoms with Crippen LogP contribution in [0, 0.1) is 11.8 Å². The van der Waals surface area contributed by atoms with Gasteiger partial charge in [-0.15, -0.1) is 0 Å². The van der Waals surface area contributed by atoms with E-state index in [4.69, 9.17) is 0 Å². The van der Waals surface area contributed by atoms with Crippen LogP contribution in [0.25, 0.3) is 11.1 Å². The van der Waals surface area contributed by atoms with Gasteiger partial charge in [0.15, 0.2) is 0 Å². The molecule has 4 aromatic carbocycles. The van der Waals surface area contributed by atoms with Crippen LogP contribution >= 0.6 is 0 Å². The Bertz CT molecular complexity index is 1550. The summed E-state index contributed by atoms with van der Waals surface area (Å²) >= 11 is 0. The van der Waals surface area contributed by atoms with Crippen molar-refractivity contribution < 1.29 is 0 Å². The van der Waals surface area contributed by atoms with Gasteiger partial charge in [0.2, 0.25) is 0 Å². The lowest BCUT2D eigenvalue weighted by molar-refractivity contribution is 0.420. The molecule has 3 fully saturated rings. The van der Waals surface area contributed by atoms with Crippen LogP contribution in [0.3, 0.4) is 0 Å². The number of anilines is 3. The van der Waals surface area contributed by atoms with E-state index in [0.717, 1.165) is 23.7 Å². The molecule has 4 aliphatic rings. The van der Waals surface area contributed by atoms with E-state index in [1.54, 1.807) is 5.56 Å². The van der Waals surface area contributed by atoms with Crippen molar-refractivity contribution in [3.05, 3.63) is 113 Å². The van der Waals surface area contributed by atoms with Crippen molar-refractivity contribution in [1.82, 2.24) is 0 Å². The number of hydrogen-bond acceptors (Lipinski definition) is 1. The molecule has 0 aromatic heterocycles. The zero-order valence-electron chi connectivity index (χ0n) is 24.8. The van der Waals surface area contributed by atoms with Gasteiger partial charge >= 0.3 is 0 Å². The molecule has 41 heavy (non-hydrogen) atoms. The van der Waals surface area contributed by atoms with Gasteiger partial charge < -0.3 is 4.90 Å². The lowest BCUT2D eigenvalue weighted by atomic mass is 9.82. The minimum Gasteiger partial charge on any atom is -0.310 e. The summed E-state index contributed by atoms with van der Waals surface area (Å²) < 4.78 is 0. The van der Waals surface area contributed by atoms with Crippen LogP contribution in [0.5, 0.6) is 0 Å². The standard InChI is InChI=1S/C40H43N/c1-40(2)36-12-7-6-11-34(36)39-37(40)13-8-14-38(39)41(32-21-17-29(18-22-32)28-9-4-3-5-10-28)33-23-19-30(20-24-33)35-26-27-15-16-31(35)25-27/h6-8,11-14,17-24,27-28,31,35H,3-5,9-10,15-16,25-26H2,1-2H3. The van der Waals surface area contributed by atoms with Gasteiger partial charge in [-0.1, -0.05) is 100 Å². The maximum absolute atomic E-state index is 2.53. The fourth-order valence-electron chi connectivity index (χ4n) is 9.20. The van der Waals surface area contributed by atoms with Gasteiger partial charge in [-0.05, 0) is 114 Å². The highest BCUT2D eigenvalue weighted by molar-refractivity contribution is 5.94. The highest BCUT2D eigenvalue weighted by Gasteiger charge is 2.40. The smallest absolute Gasteiger partial charge is 0.0543 e. The average Bonchev–Trinajstić information content (AvgIpc) is 3.72.